The zero-order valence-electron chi connectivity index (χ0n) is 15.4. The molecule has 0 saturated heterocycles. The van der Waals surface area contributed by atoms with Gasteiger partial charge in [-0.1, -0.05) is 36.4 Å². The molecule has 2 aromatic carbocycles. The van der Waals surface area contributed by atoms with E-state index in [4.69, 9.17) is 5.26 Å². The Morgan fingerprint density at radius 2 is 1.76 bits per heavy atom. The summed E-state index contributed by atoms with van der Waals surface area (Å²) in [5.74, 6) is 0.326. The highest BCUT2D eigenvalue weighted by molar-refractivity contribution is 5.97. The minimum absolute atomic E-state index is 0.323. The van der Waals surface area contributed by atoms with Crippen molar-refractivity contribution < 1.29 is 4.79 Å². The van der Waals surface area contributed by atoms with E-state index in [-0.39, 0.29) is 5.91 Å². The maximum absolute atomic E-state index is 13.0. The van der Waals surface area contributed by atoms with Crippen LogP contribution >= 0.6 is 0 Å². The van der Waals surface area contributed by atoms with Crippen LogP contribution in [0.5, 0.6) is 0 Å². The van der Waals surface area contributed by atoms with Crippen molar-refractivity contribution in [1.29, 1.82) is 5.26 Å². The number of benzene rings is 2. The Bertz CT molecular complexity index is 1160. The van der Waals surface area contributed by atoms with Gasteiger partial charge < -0.3 is 5.32 Å². The fourth-order valence-corrected chi connectivity index (χ4v) is 2.76. The third-order valence-corrected chi connectivity index (χ3v) is 4.25. The van der Waals surface area contributed by atoms with Gasteiger partial charge in [-0.3, -0.25) is 9.78 Å². The molecule has 29 heavy (non-hydrogen) atoms. The molecule has 0 radical (unpaired) electrons. The monoisotopic (exact) mass is 380 g/mol. The maximum atomic E-state index is 13.0. The van der Waals surface area contributed by atoms with Gasteiger partial charge in [0.1, 0.15) is 5.69 Å². The van der Waals surface area contributed by atoms with Gasteiger partial charge in [0.2, 0.25) is 11.8 Å². The van der Waals surface area contributed by atoms with Crippen LogP contribution in [-0.4, -0.2) is 25.7 Å². The van der Waals surface area contributed by atoms with Gasteiger partial charge in [0.05, 0.1) is 11.6 Å². The first-order valence-corrected chi connectivity index (χ1v) is 8.96. The highest BCUT2D eigenvalue weighted by Gasteiger charge is 2.19. The lowest BCUT2D eigenvalue weighted by atomic mass is 10.1. The SMILES string of the molecule is N#Cc1ccc(C(=O)n2nc(-c3ccccn3)nc2NCc2ccccc2)cc1. The van der Waals surface area contributed by atoms with Crippen LogP contribution in [0.2, 0.25) is 0 Å². The smallest absolute Gasteiger partial charge is 0.281 e. The Kier molecular flexibility index (Phi) is 5.08. The molecule has 7 heteroatoms. The zero-order chi connectivity index (χ0) is 20.1. The number of anilines is 1. The third kappa shape index (κ3) is 4.01. The summed E-state index contributed by atoms with van der Waals surface area (Å²) in [7, 11) is 0. The van der Waals surface area contributed by atoms with Crippen LogP contribution < -0.4 is 5.32 Å². The van der Waals surface area contributed by atoms with Gasteiger partial charge >= 0.3 is 0 Å². The van der Waals surface area contributed by atoms with Crippen LogP contribution in [0.25, 0.3) is 11.5 Å². The van der Waals surface area contributed by atoms with Crippen molar-refractivity contribution in [2.24, 2.45) is 0 Å². The van der Waals surface area contributed by atoms with Crippen LogP contribution in [0.4, 0.5) is 5.95 Å². The molecule has 0 spiro atoms. The van der Waals surface area contributed by atoms with E-state index in [1.54, 1.807) is 42.6 Å². The second-order valence-electron chi connectivity index (χ2n) is 6.22. The van der Waals surface area contributed by atoms with E-state index in [9.17, 15) is 4.79 Å². The number of nitrogens with one attached hydrogen (secondary N) is 1. The molecule has 0 bridgehead atoms. The fraction of sp³-hybridized carbons (Fsp3) is 0.0455. The fourth-order valence-electron chi connectivity index (χ4n) is 2.76. The number of nitriles is 1. The van der Waals surface area contributed by atoms with Gasteiger partial charge in [-0.25, -0.2) is 0 Å². The molecule has 0 amide bonds. The summed E-state index contributed by atoms with van der Waals surface area (Å²) < 4.78 is 1.23. The van der Waals surface area contributed by atoms with Crippen LogP contribution in [0.15, 0.2) is 79.0 Å². The molecule has 0 fully saturated rings. The Balaban J connectivity index is 1.68. The Labute approximate surface area is 167 Å². The summed E-state index contributed by atoms with van der Waals surface area (Å²) in [6.45, 7) is 0.488. The summed E-state index contributed by atoms with van der Waals surface area (Å²) >= 11 is 0. The van der Waals surface area contributed by atoms with Crippen molar-refractivity contribution in [2.45, 2.75) is 6.54 Å². The lowest BCUT2D eigenvalue weighted by Gasteiger charge is -2.07. The first-order chi connectivity index (χ1) is 14.2. The minimum Gasteiger partial charge on any atom is -0.350 e. The van der Waals surface area contributed by atoms with Crippen molar-refractivity contribution in [2.75, 3.05) is 5.32 Å². The van der Waals surface area contributed by atoms with Crippen LogP contribution in [0.3, 0.4) is 0 Å². The van der Waals surface area contributed by atoms with Crippen molar-refractivity contribution in [3.63, 3.8) is 0 Å². The summed E-state index contributed by atoms with van der Waals surface area (Å²) in [5, 5.41) is 16.5. The van der Waals surface area contributed by atoms with Crippen molar-refractivity contribution >= 4 is 11.9 Å². The summed E-state index contributed by atoms with van der Waals surface area (Å²) in [4.78, 5) is 21.8. The number of rotatable bonds is 5. The first kappa shape index (κ1) is 18.1. The second-order valence-corrected chi connectivity index (χ2v) is 6.22. The topological polar surface area (TPSA) is 96.5 Å². The number of aromatic nitrogens is 4. The molecule has 4 rings (SSSR count). The third-order valence-electron chi connectivity index (χ3n) is 4.25. The van der Waals surface area contributed by atoms with Gasteiger partial charge in [0.25, 0.3) is 5.91 Å². The minimum atomic E-state index is -0.347. The Morgan fingerprint density at radius 3 is 2.45 bits per heavy atom. The zero-order valence-corrected chi connectivity index (χ0v) is 15.4. The molecule has 0 aliphatic heterocycles. The molecular weight excluding hydrogens is 364 g/mol. The van der Waals surface area contributed by atoms with Crippen LogP contribution in [-0.2, 0) is 6.54 Å². The van der Waals surface area contributed by atoms with Gasteiger partial charge in [0.15, 0.2) is 0 Å². The molecule has 0 aliphatic carbocycles. The van der Waals surface area contributed by atoms with E-state index in [0.717, 1.165) is 5.56 Å². The van der Waals surface area contributed by atoms with E-state index in [1.165, 1.54) is 4.68 Å². The molecule has 0 aliphatic rings. The van der Waals surface area contributed by atoms with Gasteiger partial charge in [-0.2, -0.15) is 14.9 Å². The van der Waals surface area contributed by atoms with Gasteiger partial charge in [0, 0.05) is 18.3 Å². The van der Waals surface area contributed by atoms with Crippen LogP contribution in [0, 0.1) is 11.3 Å². The Morgan fingerprint density at radius 1 is 1.00 bits per heavy atom. The quantitative estimate of drug-likeness (QED) is 0.569. The molecule has 1 N–H and O–H groups in total. The lowest BCUT2D eigenvalue weighted by molar-refractivity contribution is 0.0947. The molecule has 7 nitrogen and oxygen atoms in total. The average molecular weight is 380 g/mol. The Hall–Kier alpha value is -4.31. The molecule has 2 aromatic heterocycles. The van der Waals surface area contributed by atoms with Crippen LogP contribution in [0.1, 0.15) is 21.5 Å². The second kappa shape index (κ2) is 8.15. The number of nitrogens with zero attached hydrogens (tertiary/aromatic N) is 5. The lowest BCUT2D eigenvalue weighted by Crippen LogP contribution is -2.17. The largest absolute Gasteiger partial charge is 0.350 e. The first-order valence-electron chi connectivity index (χ1n) is 8.96. The van der Waals surface area contributed by atoms with E-state index in [2.05, 4.69) is 20.4 Å². The highest BCUT2D eigenvalue weighted by atomic mass is 16.2. The molecule has 4 aromatic rings. The van der Waals surface area contributed by atoms with E-state index in [1.807, 2.05) is 42.5 Å². The predicted octanol–water partition coefficient (Wildman–Crippen LogP) is 3.51. The normalized spacial score (nSPS) is 10.3. The number of hydrogen-bond acceptors (Lipinski definition) is 6. The number of pyridine rings is 1. The van der Waals surface area contributed by atoms with E-state index >= 15 is 0 Å². The number of hydrogen-bond donors (Lipinski definition) is 1. The molecule has 2 heterocycles. The van der Waals surface area contributed by atoms with Gasteiger partial charge in [-0.05, 0) is 42.0 Å². The molecule has 0 atom stereocenters. The highest BCUT2D eigenvalue weighted by Crippen LogP contribution is 2.18. The van der Waals surface area contributed by atoms with Crippen molar-refractivity contribution in [1.82, 2.24) is 19.7 Å². The number of carbonyl (C=O) groups is 1. The maximum Gasteiger partial charge on any atom is 0.281 e. The van der Waals surface area contributed by atoms with Crippen molar-refractivity contribution in [3.8, 4) is 17.6 Å². The standard InChI is InChI=1S/C22H16N6O/c23-14-16-9-11-18(12-10-16)21(29)28-22(25-15-17-6-2-1-3-7-17)26-20(27-28)19-8-4-5-13-24-19/h1-13H,15H2,(H,25,26,27). The molecular formula is C22H16N6O. The van der Waals surface area contributed by atoms with Gasteiger partial charge in [-0.15, -0.1) is 5.10 Å². The predicted molar refractivity (Wildman–Crippen MR) is 108 cm³/mol. The van der Waals surface area contributed by atoms with E-state index < -0.39 is 0 Å². The number of carbonyl (C=O) groups excluding carboxylic acids is 1. The summed E-state index contributed by atoms with van der Waals surface area (Å²) in [5.41, 5.74) is 2.51. The molecule has 140 valence electrons. The summed E-state index contributed by atoms with van der Waals surface area (Å²) in [6.07, 6.45) is 1.65. The average Bonchev–Trinajstić information content (AvgIpc) is 3.23. The molecule has 0 unspecified atom stereocenters. The van der Waals surface area contributed by atoms with E-state index in [0.29, 0.717) is 35.1 Å². The van der Waals surface area contributed by atoms with Crippen molar-refractivity contribution in [3.05, 3.63) is 95.7 Å². The summed E-state index contributed by atoms with van der Waals surface area (Å²) in [6, 6.07) is 23.7. The molecule has 0 saturated carbocycles.